The molecule has 0 saturated heterocycles. The van der Waals surface area contributed by atoms with Gasteiger partial charge in [0.2, 0.25) is 17.8 Å². The summed E-state index contributed by atoms with van der Waals surface area (Å²) in [5.41, 5.74) is 1.81. The van der Waals surface area contributed by atoms with Crippen molar-refractivity contribution in [2.75, 3.05) is 23.8 Å². The summed E-state index contributed by atoms with van der Waals surface area (Å²) in [6, 6.07) is 17.3. The van der Waals surface area contributed by atoms with Gasteiger partial charge in [0.25, 0.3) is 5.91 Å². The quantitative estimate of drug-likeness (QED) is 0.180. The molecule has 1 aliphatic carbocycles. The van der Waals surface area contributed by atoms with Crippen molar-refractivity contribution in [3.05, 3.63) is 84.4 Å². The molecule has 1 aliphatic rings. The van der Waals surface area contributed by atoms with Crippen molar-refractivity contribution >= 4 is 23.7 Å². The molecule has 6 rings (SSSR count). The molecule has 0 atom stereocenters. The molecule has 2 amide bonds. The van der Waals surface area contributed by atoms with Gasteiger partial charge in [0.1, 0.15) is 23.8 Å². The van der Waals surface area contributed by atoms with Crippen LogP contribution in [0.1, 0.15) is 24.8 Å². The van der Waals surface area contributed by atoms with Crippen molar-refractivity contribution in [2.45, 2.75) is 25.7 Å². The minimum Gasteiger partial charge on any atom is -0.371 e. The molecule has 0 spiro atoms. The predicted octanol–water partition coefficient (Wildman–Crippen LogP) is 3.81. The summed E-state index contributed by atoms with van der Waals surface area (Å²) in [5, 5.41) is 18.5. The highest BCUT2D eigenvalue weighted by Gasteiger charge is 2.21. The van der Waals surface area contributed by atoms with E-state index in [1.807, 2.05) is 24.3 Å². The third-order valence-electron chi connectivity index (χ3n) is 6.15. The Morgan fingerprint density at radius 2 is 1.40 bits per heavy atom. The Hall–Kier alpha value is -5.37. The summed E-state index contributed by atoms with van der Waals surface area (Å²) in [7, 11) is 0. The number of benzene rings is 1. The summed E-state index contributed by atoms with van der Waals surface area (Å²) in [4.78, 5) is 40.1. The molecule has 5 aromatic rings. The van der Waals surface area contributed by atoms with Crippen LogP contribution in [0.25, 0.3) is 23.0 Å². The van der Waals surface area contributed by atoms with Gasteiger partial charge in [0.05, 0.1) is 6.61 Å². The second-order valence-electron chi connectivity index (χ2n) is 9.59. The SMILES string of the molecule is O=C(CCc1ccccc1F)Nc1n[nH]c(-c2ccccn2)n1.O=C(COCC1CC1)Nc1n[nH]c(-c2ccccn2)n1. The fraction of sp³-hybridized carbons (Fsp3) is 0.241. The zero-order valence-electron chi connectivity index (χ0n) is 23.0. The Bertz CT molecular complexity index is 1620. The molecule has 220 valence electrons. The zero-order chi connectivity index (χ0) is 29.9. The molecule has 43 heavy (non-hydrogen) atoms. The van der Waals surface area contributed by atoms with Crippen molar-refractivity contribution in [1.29, 1.82) is 0 Å². The highest BCUT2D eigenvalue weighted by atomic mass is 19.1. The summed E-state index contributed by atoms with van der Waals surface area (Å²) >= 11 is 0. The van der Waals surface area contributed by atoms with Crippen LogP contribution in [-0.4, -0.2) is 65.4 Å². The van der Waals surface area contributed by atoms with Crippen LogP contribution in [0.5, 0.6) is 0 Å². The third kappa shape index (κ3) is 9.06. The molecular weight excluding hydrogens is 555 g/mol. The Morgan fingerprint density at radius 1 is 0.814 bits per heavy atom. The summed E-state index contributed by atoms with van der Waals surface area (Å²) in [6.45, 7) is 0.685. The van der Waals surface area contributed by atoms with E-state index in [9.17, 15) is 14.0 Å². The number of aromatic amines is 2. The van der Waals surface area contributed by atoms with Crippen LogP contribution in [0.4, 0.5) is 16.3 Å². The third-order valence-corrected chi connectivity index (χ3v) is 6.15. The minimum absolute atomic E-state index is 0.0317. The van der Waals surface area contributed by atoms with Gasteiger partial charge >= 0.3 is 0 Å². The molecule has 0 aliphatic heterocycles. The number of ether oxygens (including phenoxy) is 1. The van der Waals surface area contributed by atoms with E-state index in [1.165, 1.54) is 18.9 Å². The van der Waals surface area contributed by atoms with Gasteiger partial charge in [0.15, 0.2) is 11.6 Å². The maximum absolute atomic E-state index is 13.5. The fourth-order valence-corrected chi connectivity index (χ4v) is 3.77. The first-order valence-corrected chi connectivity index (χ1v) is 13.6. The maximum atomic E-state index is 13.5. The van der Waals surface area contributed by atoms with Gasteiger partial charge in [-0.1, -0.05) is 30.3 Å². The lowest BCUT2D eigenvalue weighted by atomic mass is 10.1. The number of hydrogen-bond acceptors (Lipinski definition) is 9. The lowest BCUT2D eigenvalue weighted by Crippen LogP contribution is -2.19. The lowest BCUT2D eigenvalue weighted by molar-refractivity contribution is -0.120. The number of anilines is 2. The Balaban J connectivity index is 0.000000173. The normalized spacial score (nSPS) is 12.2. The van der Waals surface area contributed by atoms with Gasteiger partial charge in [-0.05, 0) is 61.1 Å². The summed E-state index contributed by atoms with van der Waals surface area (Å²) < 4.78 is 18.8. The number of amides is 2. The van der Waals surface area contributed by atoms with Crippen LogP contribution < -0.4 is 10.6 Å². The van der Waals surface area contributed by atoms with Crippen LogP contribution in [-0.2, 0) is 20.7 Å². The van der Waals surface area contributed by atoms with E-state index in [2.05, 4.69) is 51.0 Å². The Labute approximate surface area is 245 Å². The zero-order valence-corrected chi connectivity index (χ0v) is 23.0. The number of H-pyrrole nitrogens is 2. The molecule has 1 aromatic carbocycles. The molecule has 0 unspecified atom stereocenters. The smallest absolute Gasteiger partial charge is 0.252 e. The van der Waals surface area contributed by atoms with Gasteiger partial charge in [-0.2, -0.15) is 9.97 Å². The fourth-order valence-electron chi connectivity index (χ4n) is 3.77. The van der Waals surface area contributed by atoms with E-state index in [4.69, 9.17) is 4.74 Å². The second kappa shape index (κ2) is 14.5. The van der Waals surface area contributed by atoms with Gasteiger partial charge in [-0.15, -0.1) is 10.2 Å². The first-order valence-electron chi connectivity index (χ1n) is 13.6. The summed E-state index contributed by atoms with van der Waals surface area (Å²) in [5.74, 6) is 1.18. The highest BCUT2D eigenvalue weighted by molar-refractivity contribution is 5.90. The predicted molar refractivity (Wildman–Crippen MR) is 155 cm³/mol. The minimum atomic E-state index is -0.310. The van der Waals surface area contributed by atoms with E-state index in [-0.39, 0.29) is 42.6 Å². The first kappa shape index (κ1) is 29.1. The van der Waals surface area contributed by atoms with E-state index < -0.39 is 0 Å². The molecule has 14 heteroatoms. The molecule has 0 radical (unpaired) electrons. The molecule has 0 bridgehead atoms. The Kier molecular flexibility index (Phi) is 9.82. The van der Waals surface area contributed by atoms with Crippen LogP contribution in [0.15, 0.2) is 73.1 Å². The molecule has 4 N–H and O–H groups in total. The molecule has 4 heterocycles. The molecular formula is C29H29FN10O3. The van der Waals surface area contributed by atoms with Crippen molar-refractivity contribution in [1.82, 2.24) is 40.3 Å². The number of carbonyl (C=O) groups excluding carboxylic acids is 2. The lowest BCUT2D eigenvalue weighted by Gasteiger charge is -2.02. The monoisotopic (exact) mass is 584 g/mol. The van der Waals surface area contributed by atoms with E-state index >= 15 is 0 Å². The number of rotatable bonds is 11. The maximum Gasteiger partial charge on any atom is 0.252 e. The number of carbonyl (C=O) groups is 2. The second-order valence-corrected chi connectivity index (χ2v) is 9.59. The van der Waals surface area contributed by atoms with E-state index in [0.717, 1.165) is 0 Å². The largest absolute Gasteiger partial charge is 0.371 e. The average molecular weight is 585 g/mol. The standard InChI is InChI=1S/C16H14FN5O.C13H15N5O2/c17-12-6-2-1-5-11(12)8-9-14(23)19-16-20-15(21-22-16)13-7-3-4-10-18-13;19-11(8-20-7-9-4-5-9)15-13-16-12(17-18-13)10-3-1-2-6-14-10/h1-7,10H,8-9H2,(H2,19,20,21,22,23);1-3,6,9H,4-5,7-8H2,(H2,15,16,17,18,19). The topological polar surface area (TPSA) is 176 Å². The number of nitrogens with one attached hydrogen (secondary N) is 4. The van der Waals surface area contributed by atoms with E-state index in [1.54, 1.807) is 42.7 Å². The number of aryl methyl sites for hydroxylation is 1. The highest BCUT2D eigenvalue weighted by Crippen LogP contribution is 2.28. The number of hydrogen-bond donors (Lipinski definition) is 4. The number of pyridine rings is 2. The van der Waals surface area contributed by atoms with E-state index in [0.29, 0.717) is 47.5 Å². The van der Waals surface area contributed by atoms with Crippen LogP contribution >= 0.6 is 0 Å². The Morgan fingerprint density at radius 3 is 1.95 bits per heavy atom. The van der Waals surface area contributed by atoms with Gasteiger partial charge < -0.3 is 4.74 Å². The summed E-state index contributed by atoms with van der Waals surface area (Å²) in [6.07, 6.45) is 6.18. The van der Waals surface area contributed by atoms with Crippen LogP contribution in [0.2, 0.25) is 0 Å². The number of halogens is 1. The van der Waals surface area contributed by atoms with Crippen LogP contribution in [0.3, 0.4) is 0 Å². The molecule has 4 aromatic heterocycles. The van der Waals surface area contributed by atoms with Gasteiger partial charge in [-0.25, -0.2) is 4.39 Å². The molecule has 1 fully saturated rings. The van der Waals surface area contributed by atoms with Crippen molar-refractivity contribution in [3.63, 3.8) is 0 Å². The van der Waals surface area contributed by atoms with Crippen molar-refractivity contribution in [3.8, 4) is 23.0 Å². The number of nitrogens with zero attached hydrogens (tertiary/aromatic N) is 6. The van der Waals surface area contributed by atoms with Crippen molar-refractivity contribution < 1.29 is 18.7 Å². The average Bonchev–Trinajstić information content (AvgIpc) is 3.53. The first-order chi connectivity index (χ1) is 21.0. The van der Waals surface area contributed by atoms with Crippen molar-refractivity contribution in [2.24, 2.45) is 5.92 Å². The number of aromatic nitrogens is 8. The van der Waals surface area contributed by atoms with Gasteiger partial charge in [0, 0.05) is 18.8 Å². The van der Waals surface area contributed by atoms with Gasteiger partial charge in [-0.3, -0.25) is 40.4 Å². The van der Waals surface area contributed by atoms with Crippen LogP contribution in [0, 0.1) is 11.7 Å². The molecule has 1 saturated carbocycles. The molecule has 13 nitrogen and oxygen atoms in total.